The van der Waals surface area contributed by atoms with E-state index in [1.807, 2.05) is 6.92 Å². The molecule has 0 spiro atoms. The standard InChI is InChI=1S/C4H9O.Pb.H/c1-3-4(2)5;;/h4-5H,2-3H2,1H3;;. The second kappa shape index (κ2) is 4.05. The van der Waals surface area contributed by atoms with Gasteiger partial charge in [0.05, 0.1) is 0 Å². The average molecular weight is 281 g/mol. The quantitative estimate of drug-likeness (QED) is 0.711. The summed E-state index contributed by atoms with van der Waals surface area (Å²) in [4.78, 5) is 0. The Morgan fingerprint density at radius 1 is 1.83 bits per heavy atom. The molecular formula is C4H10OPb. The number of hydrogen-bond acceptors (Lipinski definition) is 1. The Labute approximate surface area is 54.4 Å². The maximum absolute atomic E-state index is 8.71. The Balaban J connectivity index is 2.75. The molecule has 1 unspecified atom stereocenters. The zero-order valence-electron chi connectivity index (χ0n) is 4.02. The summed E-state index contributed by atoms with van der Waals surface area (Å²) in [5, 5.41) is 8.71. The third-order valence-corrected chi connectivity index (χ3v) is 2.86. The van der Waals surface area contributed by atoms with Gasteiger partial charge >= 0.3 is 54.3 Å². The van der Waals surface area contributed by atoms with Crippen molar-refractivity contribution in [3.63, 3.8) is 0 Å². The van der Waals surface area contributed by atoms with Gasteiger partial charge in [0.25, 0.3) is 0 Å². The summed E-state index contributed by atoms with van der Waals surface area (Å²) in [5.74, 6) is 0. The molecule has 1 nitrogen and oxygen atoms in total. The molecule has 0 aliphatic carbocycles. The van der Waals surface area contributed by atoms with Crippen LogP contribution in [0, 0.1) is 0 Å². The van der Waals surface area contributed by atoms with Gasteiger partial charge in [-0.1, -0.05) is 0 Å². The molecule has 0 bridgehead atoms. The number of rotatable bonds is 2. The van der Waals surface area contributed by atoms with Crippen molar-refractivity contribution >= 4 is 25.8 Å². The van der Waals surface area contributed by atoms with Crippen molar-refractivity contribution in [3.8, 4) is 0 Å². The van der Waals surface area contributed by atoms with Gasteiger partial charge < -0.3 is 0 Å². The fraction of sp³-hybridized carbons (Fsp3) is 1.00. The van der Waals surface area contributed by atoms with E-state index in [4.69, 9.17) is 5.11 Å². The molecule has 0 aliphatic rings. The first kappa shape index (κ1) is 6.88. The van der Waals surface area contributed by atoms with E-state index in [2.05, 4.69) is 0 Å². The van der Waals surface area contributed by atoms with Gasteiger partial charge in [0, 0.05) is 0 Å². The van der Waals surface area contributed by atoms with Crippen molar-refractivity contribution in [1.29, 1.82) is 0 Å². The molecule has 36 valence electrons. The normalized spacial score (nSPS) is 14.5. The van der Waals surface area contributed by atoms with Crippen molar-refractivity contribution in [1.82, 2.24) is 0 Å². The van der Waals surface area contributed by atoms with Crippen LogP contribution in [0.5, 0.6) is 0 Å². The van der Waals surface area contributed by atoms with E-state index in [1.165, 1.54) is 0 Å². The molecule has 0 saturated heterocycles. The van der Waals surface area contributed by atoms with Crippen molar-refractivity contribution in [2.75, 3.05) is 0 Å². The molecule has 2 heteroatoms. The van der Waals surface area contributed by atoms with Crippen LogP contribution in [0.2, 0.25) is 3.98 Å². The van der Waals surface area contributed by atoms with Crippen LogP contribution in [0.4, 0.5) is 0 Å². The summed E-state index contributed by atoms with van der Waals surface area (Å²) in [6.07, 6.45) is 0.936. The minimum atomic E-state index is 0.00926. The molecule has 6 heavy (non-hydrogen) atoms. The van der Waals surface area contributed by atoms with Crippen LogP contribution in [-0.4, -0.2) is 37.0 Å². The summed E-state index contributed by atoms with van der Waals surface area (Å²) >= 11 is 0.963. The van der Waals surface area contributed by atoms with E-state index < -0.39 is 0 Å². The third-order valence-electron chi connectivity index (χ3n) is 0.743. The molecule has 0 aromatic rings. The second-order valence-corrected chi connectivity index (χ2v) is 3.13. The van der Waals surface area contributed by atoms with Gasteiger partial charge in [0.2, 0.25) is 0 Å². The fourth-order valence-corrected chi connectivity index (χ4v) is 1.46. The van der Waals surface area contributed by atoms with E-state index in [0.29, 0.717) is 0 Å². The van der Waals surface area contributed by atoms with Crippen molar-refractivity contribution in [2.24, 2.45) is 0 Å². The second-order valence-electron chi connectivity index (χ2n) is 1.30. The molecule has 0 saturated carbocycles. The summed E-state index contributed by atoms with van der Waals surface area (Å²) in [7, 11) is 0. The van der Waals surface area contributed by atoms with E-state index in [0.717, 1.165) is 36.2 Å². The van der Waals surface area contributed by atoms with Crippen LogP contribution in [0.1, 0.15) is 13.3 Å². The van der Waals surface area contributed by atoms with Crippen LogP contribution in [-0.2, 0) is 0 Å². The molecule has 2 radical (unpaired) electrons. The van der Waals surface area contributed by atoms with Crippen molar-refractivity contribution < 1.29 is 5.11 Å². The van der Waals surface area contributed by atoms with Crippen molar-refractivity contribution in [2.45, 2.75) is 23.4 Å². The van der Waals surface area contributed by atoms with Crippen LogP contribution in [0.15, 0.2) is 0 Å². The van der Waals surface area contributed by atoms with Gasteiger partial charge in [-0.3, -0.25) is 0 Å². The summed E-state index contributed by atoms with van der Waals surface area (Å²) in [6.45, 7) is 2.01. The van der Waals surface area contributed by atoms with E-state index in [9.17, 15) is 0 Å². The molecule has 1 N–H and O–H groups in total. The predicted octanol–water partition coefficient (Wildman–Crippen LogP) is 0.0764. The Hall–Kier alpha value is 0.882. The van der Waals surface area contributed by atoms with Gasteiger partial charge in [0.1, 0.15) is 0 Å². The molecule has 0 heterocycles. The van der Waals surface area contributed by atoms with Crippen LogP contribution >= 0.6 is 0 Å². The van der Waals surface area contributed by atoms with Gasteiger partial charge in [-0.25, -0.2) is 0 Å². The van der Waals surface area contributed by atoms with Gasteiger partial charge in [0.15, 0.2) is 0 Å². The third kappa shape index (κ3) is 3.09. The Kier molecular flexibility index (Phi) is 4.65. The zero-order chi connectivity index (χ0) is 4.99. The molecule has 0 fully saturated rings. The Morgan fingerprint density at radius 2 is 2.33 bits per heavy atom. The van der Waals surface area contributed by atoms with Gasteiger partial charge in [-0.05, 0) is 0 Å². The first-order valence-corrected chi connectivity index (χ1v) is 5.36. The average Bonchev–Trinajstić information content (AvgIpc) is 1.65. The molecule has 0 amide bonds. The molecular weight excluding hydrogens is 271 g/mol. The first-order valence-electron chi connectivity index (χ1n) is 2.19. The Morgan fingerprint density at radius 3 is 2.33 bits per heavy atom. The zero-order valence-corrected chi connectivity index (χ0v) is 8.51. The monoisotopic (exact) mass is 282 g/mol. The van der Waals surface area contributed by atoms with E-state index in [-0.39, 0.29) is 6.10 Å². The summed E-state index contributed by atoms with van der Waals surface area (Å²) in [5.41, 5.74) is 0. The molecule has 0 rings (SSSR count). The first-order chi connectivity index (χ1) is 2.81. The van der Waals surface area contributed by atoms with Gasteiger partial charge in [-0.15, -0.1) is 0 Å². The van der Waals surface area contributed by atoms with Crippen LogP contribution < -0.4 is 0 Å². The number of aliphatic hydroxyl groups is 1. The molecule has 0 aromatic carbocycles. The van der Waals surface area contributed by atoms with Crippen LogP contribution in [0.3, 0.4) is 0 Å². The van der Waals surface area contributed by atoms with Crippen molar-refractivity contribution in [3.05, 3.63) is 0 Å². The van der Waals surface area contributed by atoms with E-state index >= 15 is 0 Å². The minimum absolute atomic E-state index is 0.00926. The molecule has 0 aliphatic heterocycles. The van der Waals surface area contributed by atoms with Crippen LogP contribution in [0.25, 0.3) is 0 Å². The topological polar surface area (TPSA) is 20.2 Å². The molecule has 0 aromatic heterocycles. The summed E-state index contributed by atoms with van der Waals surface area (Å²) in [6, 6.07) is 0. The summed E-state index contributed by atoms with van der Waals surface area (Å²) < 4.78 is 1.05. The number of aliphatic hydroxyl groups excluding tert-OH is 1. The van der Waals surface area contributed by atoms with Gasteiger partial charge in [-0.2, -0.15) is 0 Å². The Bertz CT molecular complexity index is 26.7. The fourth-order valence-electron chi connectivity index (χ4n) is 0.167. The maximum atomic E-state index is 8.71. The van der Waals surface area contributed by atoms with E-state index in [1.54, 1.807) is 0 Å². The number of hydrogen-bond donors (Lipinski definition) is 1. The SMILES string of the molecule is CCC(O)[CH2][PbH]. The molecule has 1 atom stereocenters. The predicted molar refractivity (Wildman–Crippen MR) is 28.3 cm³/mol.